The van der Waals surface area contributed by atoms with E-state index in [-0.39, 0.29) is 29.8 Å². The number of benzene rings is 1. The van der Waals surface area contributed by atoms with Crippen LogP contribution in [0.4, 0.5) is 0 Å². The molecule has 1 aliphatic rings. The molecule has 1 amide bonds. The Balaban J connectivity index is 0.00000288. The first kappa shape index (κ1) is 20.8. The number of nitrogens with two attached hydrogens (primary N) is 1. The predicted molar refractivity (Wildman–Crippen MR) is 101 cm³/mol. The van der Waals surface area contributed by atoms with Crippen molar-refractivity contribution >= 4 is 18.3 Å². The summed E-state index contributed by atoms with van der Waals surface area (Å²) in [7, 11) is 0. The minimum absolute atomic E-state index is 0. The van der Waals surface area contributed by atoms with E-state index in [0.29, 0.717) is 19.0 Å². The molecule has 1 heterocycles. The fraction of sp³-hybridized carbons (Fsp3) is 0.632. The van der Waals surface area contributed by atoms with Gasteiger partial charge in [-0.05, 0) is 42.4 Å². The van der Waals surface area contributed by atoms with Crippen LogP contribution in [0.15, 0.2) is 24.3 Å². The maximum atomic E-state index is 12.7. The molecule has 2 unspecified atom stereocenters. The number of hydrogen-bond acceptors (Lipinski definition) is 3. The molecule has 2 N–H and O–H groups in total. The van der Waals surface area contributed by atoms with Crippen molar-refractivity contribution < 1.29 is 9.53 Å². The summed E-state index contributed by atoms with van der Waals surface area (Å²) in [6.45, 7) is 11.8. The Hall–Kier alpha value is -1.26. The number of carbonyl (C=O) groups is 1. The van der Waals surface area contributed by atoms with Crippen molar-refractivity contribution in [2.24, 2.45) is 11.1 Å². The van der Waals surface area contributed by atoms with E-state index in [0.717, 1.165) is 12.2 Å². The highest BCUT2D eigenvalue weighted by molar-refractivity contribution is 5.85. The van der Waals surface area contributed by atoms with Gasteiger partial charge in [-0.3, -0.25) is 4.79 Å². The molecule has 2 rings (SSSR count). The van der Waals surface area contributed by atoms with Crippen molar-refractivity contribution in [2.45, 2.75) is 59.1 Å². The van der Waals surface area contributed by atoms with E-state index in [9.17, 15) is 4.79 Å². The molecule has 24 heavy (non-hydrogen) atoms. The van der Waals surface area contributed by atoms with Gasteiger partial charge in [0.25, 0.3) is 5.91 Å². The van der Waals surface area contributed by atoms with Crippen molar-refractivity contribution in [1.82, 2.24) is 4.90 Å². The number of piperidine rings is 1. The standard InChI is InChI=1S/C19H30N2O2.ClH/c1-13(2)15-7-6-8-16(11-15)23-14(3)18(22)21-10-9-17(20)19(4,5)12-21;/h6-8,11,13-14,17H,9-10,12,20H2,1-5H3;1H. The average molecular weight is 355 g/mol. The summed E-state index contributed by atoms with van der Waals surface area (Å²) in [6.07, 6.45) is 0.358. The van der Waals surface area contributed by atoms with Crippen LogP contribution in [0.2, 0.25) is 0 Å². The number of ether oxygens (including phenoxy) is 1. The minimum atomic E-state index is -0.484. The van der Waals surface area contributed by atoms with E-state index in [1.807, 2.05) is 30.0 Å². The highest BCUT2D eigenvalue weighted by Crippen LogP contribution is 2.28. The van der Waals surface area contributed by atoms with Gasteiger partial charge in [0, 0.05) is 19.1 Å². The van der Waals surface area contributed by atoms with Crippen LogP contribution in [0, 0.1) is 5.41 Å². The van der Waals surface area contributed by atoms with E-state index in [4.69, 9.17) is 10.5 Å². The zero-order chi connectivity index (χ0) is 17.2. The molecule has 5 heteroatoms. The van der Waals surface area contributed by atoms with Crippen molar-refractivity contribution in [2.75, 3.05) is 13.1 Å². The summed E-state index contributed by atoms with van der Waals surface area (Å²) >= 11 is 0. The minimum Gasteiger partial charge on any atom is -0.481 e. The second-order valence-electron chi connectivity index (χ2n) is 7.63. The number of halogens is 1. The third kappa shape index (κ3) is 4.87. The van der Waals surface area contributed by atoms with Gasteiger partial charge in [0.2, 0.25) is 0 Å². The van der Waals surface area contributed by atoms with Gasteiger partial charge >= 0.3 is 0 Å². The van der Waals surface area contributed by atoms with E-state index in [1.165, 1.54) is 5.56 Å². The summed E-state index contributed by atoms with van der Waals surface area (Å²) in [6, 6.07) is 8.13. The molecule has 0 aromatic heterocycles. The molecule has 136 valence electrons. The molecule has 0 bridgehead atoms. The largest absolute Gasteiger partial charge is 0.481 e. The predicted octanol–water partition coefficient (Wildman–Crippen LogP) is 3.58. The van der Waals surface area contributed by atoms with Gasteiger partial charge in [-0.15, -0.1) is 12.4 Å². The van der Waals surface area contributed by atoms with Gasteiger partial charge in [0.05, 0.1) is 0 Å². The first-order valence-corrected chi connectivity index (χ1v) is 8.51. The second kappa shape index (κ2) is 8.21. The SMILES string of the molecule is CC(Oc1cccc(C(C)C)c1)C(=O)N1CCC(N)C(C)(C)C1.Cl. The monoisotopic (exact) mass is 354 g/mol. The number of hydrogen-bond donors (Lipinski definition) is 1. The molecular formula is C19H31ClN2O2. The molecule has 4 nitrogen and oxygen atoms in total. The summed E-state index contributed by atoms with van der Waals surface area (Å²) in [5.41, 5.74) is 7.31. The van der Waals surface area contributed by atoms with E-state index in [1.54, 1.807) is 0 Å². The summed E-state index contributed by atoms with van der Waals surface area (Å²) in [4.78, 5) is 14.6. The third-order valence-electron chi connectivity index (χ3n) is 4.81. The lowest BCUT2D eigenvalue weighted by atomic mass is 9.79. The number of nitrogens with zero attached hydrogens (tertiary/aromatic N) is 1. The van der Waals surface area contributed by atoms with Crippen molar-refractivity contribution in [1.29, 1.82) is 0 Å². The Morgan fingerprint density at radius 2 is 2.00 bits per heavy atom. The van der Waals surface area contributed by atoms with Crippen LogP contribution in [0.25, 0.3) is 0 Å². The Bertz CT molecular complexity index is 560. The second-order valence-corrected chi connectivity index (χ2v) is 7.63. The Kier molecular flexibility index (Phi) is 7.11. The van der Waals surface area contributed by atoms with Gasteiger partial charge in [0.1, 0.15) is 5.75 Å². The molecular weight excluding hydrogens is 324 g/mol. The fourth-order valence-corrected chi connectivity index (χ4v) is 3.02. The van der Waals surface area contributed by atoms with Crippen molar-refractivity contribution in [3.05, 3.63) is 29.8 Å². The van der Waals surface area contributed by atoms with Crippen LogP contribution in [-0.4, -0.2) is 36.0 Å². The summed E-state index contributed by atoms with van der Waals surface area (Å²) < 4.78 is 5.89. The number of carbonyl (C=O) groups excluding carboxylic acids is 1. The Morgan fingerprint density at radius 1 is 1.33 bits per heavy atom. The first-order valence-electron chi connectivity index (χ1n) is 8.51. The quantitative estimate of drug-likeness (QED) is 0.899. The van der Waals surface area contributed by atoms with Crippen LogP contribution in [-0.2, 0) is 4.79 Å². The molecule has 1 aromatic carbocycles. The highest BCUT2D eigenvalue weighted by Gasteiger charge is 2.36. The smallest absolute Gasteiger partial charge is 0.263 e. The lowest BCUT2D eigenvalue weighted by Crippen LogP contribution is -2.56. The fourth-order valence-electron chi connectivity index (χ4n) is 3.02. The van der Waals surface area contributed by atoms with Crippen molar-refractivity contribution in [3.63, 3.8) is 0 Å². The van der Waals surface area contributed by atoms with E-state index in [2.05, 4.69) is 33.8 Å². The molecule has 0 saturated carbocycles. The molecule has 1 fully saturated rings. The van der Waals surface area contributed by atoms with Crippen LogP contribution in [0.3, 0.4) is 0 Å². The summed E-state index contributed by atoms with van der Waals surface area (Å²) in [5.74, 6) is 1.24. The topological polar surface area (TPSA) is 55.6 Å². The lowest BCUT2D eigenvalue weighted by molar-refractivity contribution is -0.141. The molecule has 1 aliphatic heterocycles. The first-order chi connectivity index (χ1) is 10.7. The third-order valence-corrected chi connectivity index (χ3v) is 4.81. The number of likely N-dealkylation sites (tertiary alicyclic amines) is 1. The zero-order valence-electron chi connectivity index (χ0n) is 15.4. The van der Waals surface area contributed by atoms with Crippen LogP contribution in [0.1, 0.15) is 52.5 Å². The van der Waals surface area contributed by atoms with Crippen molar-refractivity contribution in [3.8, 4) is 5.75 Å². The normalized spacial score (nSPS) is 21.1. The molecule has 0 radical (unpaired) electrons. The summed E-state index contributed by atoms with van der Waals surface area (Å²) in [5, 5.41) is 0. The highest BCUT2D eigenvalue weighted by atomic mass is 35.5. The molecule has 1 aromatic rings. The van der Waals surface area contributed by atoms with E-state index < -0.39 is 6.10 Å². The molecule has 0 spiro atoms. The van der Waals surface area contributed by atoms with Gasteiger partial charge < -0.3 is 15.4 Å². The molecule has 1 saturated heterocycles. The van der Waals surface area contributed by atoms with Gasteiger partial charge in [-0.25, -0.2) is 0 Å². The van der Waals surface area contributed by atoms with Crippen LogP contribution >= 0.6 is 12.4 Å². The van der Waals surface area contributed by atoms with Crippen LogP contribution in [0.5, 0.6) is 5.75 Å². The Morgan fingerprint density at radius 3 is 2.58 bits per heavy atom. The van der Waals surface area contributed by atoms with Gasteiger partial charge in [-0.2, -0.15) is 0 Å². The van der Waals surface area contributed by atoms with Crippen LogP contribution < -0.4 is 10.5 Å². The van der Waals surface area contributed by atoms with Gasteiger partial charge in [0.15, 0.2) is 6.10 Å². The number of rotatable bonds is 4. The molecule has 2 atom stereocenters. The maximum Gasteiger partial charge on any atom is 0.263 e. The van der Waals surface area contributed by atoms with E-state index >= 15 is 0 Å². The number of amides is 1. The van der Waals surface area contributed by atoms with Gasteiger partial charge in [-0.1, -0.05) is 39.8 Å². The average Bonchev–Trinajstić information content (AvgIpc) is 2.49. The lowest BCUT2D eigenvalue weighted by Gasteiger charge is -2.43. The zero-order valence-corrected chi connectivity index (χ0v) is 16.2. The maximum absolute atomic E-state index is 12.7. The molecule has 0 aliphatic carbocycles. The Labute approximate surface area is 152 Å².